The van der Waals surface area contributed by atoms with E-state index in [1.165, 1.54) is 17.3 Å². The molecule has 4 nitrogen and oxygen atoms in total. The molecular formula is C19H15N3OS. The summed E-state index contributed by atoms with van der Waals surface area (Å²) in [5.74, 6) is 0.765. The molecule has 5 heteroatoms. The van der Waals surface area contributed by atoms with Crippen LogP contribution in [0.25, 0.3) is 22.3 Å². The molecule has 0 fully saturated rings. The Balaban J connectivity index is 1.66. The fraction of sp³-hybridized carbons (Fsp3) is 0.0526. The number of aromatic amines is 2. The summed E-state index contributed by atoms with van der Waals surface area (Å²) < 4.78 is 0. The van der Waals surface area contributed by atoms with Crippen molar-refractivity contribution in [3.05, 3.63) is 82.6 Å². The Hall–Kier alpha value is -2.79. The van der Waals surface area contributed by atoms with Gasteiger partial charge < -0.3 is 9.97 Å². The summed E-state index contributed by atoms with van der Waals surface area (Å²) in [4.78, 5) is 23.0. The Morgan fingerprint density at radius 1 is 0.917 bits per heavy atom. The first-order chi connectivity index (χ1) is 11.8. The zero-order valence-electron chi connectivity index (χ0n) is 12.8. The highest BCUT2D eigenvalue weighted by Crippen LogP contribution is 2.23. The van der Waals surface area contributed by atoms with E-state index in [9.17, 15) is 4.79 Å². The molecule has 0 bridgehead atoms. The fourth-order valence-corrected chi connectivity index (χ4v) is 3.38. The quantitative estimate of drug-likeness (QED) is 0.434. The van der Waals surface area contributed by atoms with Gasteiger partial charge in [-0.05, 0) is 17.2 Å². The van der Waals surface area contributed by atoms with Gasteiger partial charge in [-0.25, -0.2) is 4.98 Å². The van der Waals surface area contributed by atoms with Crippen molar-refractivity contribution in [2.75, 3.05) is 0 Å². The van der Waals surface area contributed by atoms with Gasteiger partial charge in [0.2, 0.25) is 0 Å². The van der Waals surface area contributed by atoms with E-state index in [2.05, 4.69) is 27.1 Å². The van der Waals surface area contributed by atoms with Crippen LogP contribution in [0.3, 0.4) is 0 Å². The van der Waals surface area contributed by atoms with E-state index in [0.29, 0.717) is 16.2 Å². The minimum Gasteiger partial charge on any atom is -0.339 e. The summed E-state index contributed by atoms with van der Waals surface area (Å²) in [6.45, 7) is 0. The maximum absolute atomic E-state index is 12.3. The van der Waals surface area contributed by atoms with Crippen molar-refractivity contribution in [3.8, 4) is 11.3 Å². The van der Waals surface area contributed by atoms with Crippen LogP contribution in [-0.4, -0.2) is 15.0 Å². The molecule has 2 aromatic carbocycles. The Morgan fingerprint density at radius 3 is 2.38 bits per heavy atom. The molecule has 24 heavy (non-hydrogen) atoms. The van der Waals surface area contributed by atoms with Crippen LogP contribution in [-0.2, 0) is 5.75 Å². The monoisotopic (exact) mass is 333 g/mol. The average Bonchev–Trinajstić information content (AvgIpc) is 3.06. The lowest BCUT2D eigenvalue weighted by molar-refractivity contribution is 0.967. The second kappa shape index (κ2) is 6.37. The summed E-state index contributed by atoms with van der Waals surface area (Å²) in [7, 11) is 0. The number of hydrogen-bond donors (Lipinski definition) is 2. The van der Waals surface area contributed by atoms with Crippen molar-refractivity contribution in [2.24, 2.45) is 0 Å². The van der Waals surface area contributed by atoms with E-state index in [0.717, 1.165) is 17.0 Å². The lowest BCUT2D eigenvalue weighted by atomic mass is 10.1. The molecule has 0 radical (unpaired) electrons. The van der Waals surface area contributed by atoms with Crippen LogP contribution in [0.15, 0.2) is 76.7 Å². The predicted molar refractivity (Wildman–Crippen MR) is 98.2 cm³/mol. The van der Waals surface area contributed by atoms with Crippen molar-refractivity contribution in [1.29, 1.82) is 0 Å². The van der Waals surface area contributed by atoms with Gasteiger partial charge in [0.25, 0.3) is 5.56 Å². The van der Waals surface area contributed by atoms with E-state index in [4.69, 9.17) is 0 Å². The minimum absolute atomic E-state index is 0.117. The fourth-order valence-electron chi connectivity index (χ4n) is 2.57. The topological polar surface area (TPSA) is 61.5 Å². The summed E-state index contributed by atoms with van der Waals surface area (Å²) in [5, 5.41) is 1.20. The van der Waals surface area contributed by atoms with Crippen LogP contribution in [0, 0.1) is 0 Å². The largest absolute Gasteiger partial charge is 0.339 e. The molecule has 0 atom stereocenters. The highest BCUT2D eigenvalue weighted by Gasteiger charge is 2.09. The molecule has 118 valence electrons. The number of rotatable bonds is 4. The van der Waals surface area contributed by atoms with Crippen LogP contribution >= 0.6 is 11.8 Å². The van der Waals surface area contributed by atoms with Crippen LogP contribution in [0.2, 0.25) is 0 Å². The molecule has 0 spiro atoms. The molecule has 2 aromatic heterocycles. The number of benzene rings is 2. The zero-order valence-corrected chi connectivity index (χ0v) is 13.6. The minimum atomic E-state index is -0.117. The maximum atomic E-state index is 12.3. The Bertz CT molecular complexity index is 1020. The van der Waals surface area contributed by atoms with Gasteiger partial charge in [0.1, 0.15) is 5.65 Å². The summed E-state index contributed by atoms with van der Waals surface area (Å²) >= 11 is 1.52. The van der Waals surface area contributed by atoms with Crippen molar-refractivity contribution in [3.63, 3.8) is 0 Å². The third kappa shape index (κ3) is 2.98. The lowest BCUT2D eigenvalue weighted by Gasteiger charge is -2.01. The molecule has 0 aliphatic heterocycles. The summed E-state index contributed by atoms with van der Waals surface area (Å²) in [5.41, 5.74) is 3.63. The molecule has 4 aromatic rings. The molecule has 0 unspecified atom stereocenters. The van der Waals surface area contributed by atoms with Gasteiger partial charge in [-0.3, -0.25) is 4.79 Å². The predicted octanol–water partition coefficient (Wildman–Crippen LogP) is 4.21. The first-order valence-corrected chi connectivity index (χ1v) is 8.63. The molecule has 0 amide bonds. The second-order valence-electron chi connectivity index (χ2n) is 5.46. The van der Waals surface area contributed by atoms with Crippen LogP contribution in [0.4, 0.5) is 0 Å². The molecule has 0 aliphatic carbocycles. The molecular weight excluding hydrogens is 318 g/mol. The van der Waals surface area contributed by atoms with E-state index in [-0.39, 0.29) is 5.56 Å². The average molecular weight is 333 g/mol. The number of hydrogen-bond acceptors (Lipinski definition) is 3. The van der Waals surface area contributed by atoms with Gasteiger partial charge in [-0.1, -0.05) is 72.4 Å². The van der Waals surface area contributed by atoms with Crippen molar-refractivity contribution in [2.45, 2.75) is 10.9 Å². The number of nitrogens with zero attached hydrogens (tertiary/aromatic N) is 1. The van der Waals surface area contributed by atoms with E-state index >= 15 is 0 Å². The van der Waals surface area contributed by atoms with Crippen LogP contribution in [0.5, 0.6) is 0 Å². The van der Waals surface area contributed by atoms with E-state index < -0.39 is 0 Å². The lowest BCUT2D eigenvalue weighted by Crippen LogP contribution is -2.08. The zero-order chi connectivity index (χ0) is 16.4. The first kappa shape index (κ1) is 14.8. The molecule has 0 saturated carbocycles. The standard InChI is InChI=1S/C19H15N3OS/c23-18-15-11-16(14-9-5-2-6-10-14)20-17(15)21-19(22-18)24-12-13-7-3-1-4-8-13/h1-11H,12H2,(H2,20,21,22,23). The summed E-state index contributed by atoms with van der Waals surface area (Å²) in [6.07, 6.45) is 0. The van der Waals surface area contributed by atoms with Gasteiger partial charge in [0.15, 0.2) is 5.16 Å². The van der Waals surface area contributed by atoms with Crippen LogP contribution in [0.1, 0.15) is 5.56 Å². The van der Waals surface area contributed by atoms with E-state index in [1.807, 2.05) is 54.6 Å². The summed E-state index contributed by atoms with van der Waals surface area (Å²) in [6, 6.07) is 21.9. The smallest absolute Gasteiger partial charge is 0.261 e. The van der Waals surface area contributed by atoms with Gasteiger partial charge in [-0.15, -0.1) is 0 Å². The third-order valence-electron chi connectivity index (χ3n) is 3.78. The molecule has 0 saturated heterocycles. The number of nitrogens with one attached hydrogen (secondary N) is 2. The van der Waals surface area contributed by atoms with Gasteiger partial charge in [-0.2, -0.15) is 0 Å². The SMILES string of the molecule is O=c1[nH]c(SCc2ccccc2)nc2[nH]c(-c3ccccc3)cc12. The number of thioether (sulfide) groups is 1. The Labute approximate surface area is 143 Å². The van der Waals surface area contributed by atoms with Crippen molar-refractivity contribution in [1.82, 2.24) is 15.0 Å². The number of H-pyrrole nitrogens is 2. The highest BCUT2D eigenvalue weighted by atomic mass is 32.2. The number of fused-ring (bicyclic) bond motifs is 1. The van der Waals surface area contributed by atoms with E-state index in [1.54, 1.807) is 0 Å². The third-order valence-corrected chi connectivity index (χ3v) is 4.72. The second-order valence-corrected chi connectivity index (χ2v) is 6.42. The van der Waals surface area contributed by atoms with Crippen molar-refractivity contribution >= 4 is 22.8 Å². The Kier molecular flexibility index (Phi) is 3.92. The first-order valence-electron chi connectivity index (χ1n) is 7.65. The molecule has 0 aliphatic rings. The number of aromatic nitrogens is 3. The molecule has 2 N–H and O–H groups in total. The van der Waals surface area contributed by atoms with Crippen LogP contribution < -0.4 is 5.56 Å². The van der Waals surface area contributed by atoms with Gasteiger partial charge in [0.05, 0.1) is 5.39 Å². The Morgan fingerprint density at radius 2 is 1.62 bits per heavy atom. The normalized spacial score (nSPS) is 11.0. The maximum Gasteiger partial charge on any atom is 0.261 e. The van der Waals surface area contributed by atoms with Crippen molar-refractivity contribution < 1.29 is 0 Å². The molecule has 2 heterocycles. The van der Waals surface area contributed by atoms with Gasteiger partial charge in [0, 0.05) is 11.4 Å². The highest BCUT2D eigenvalue weighted by molar-refractivity contribution is 7.98. The van der Waals surface area contributed by atoms with Gasteiger partial charge >= 0.3 is 0 Å². The molecule has 4 rings (SSSR count).